The van der Waals surface area contributed by atoms with Gasteiger partial charge in [-0.1, -0.05) is 11.2 Å². The first-order valence-corrected chi connectivity index (χ1v) is 10.2. The van der Waals surface area contributed by atoms with E-state index in [1.165, 1.54) is 13.3 Å². The molecule has 10 heteroatoms. The zero-order valence-electron chi connectivity index (χ0n) is 17.5. The first kappa shape index (κ1) is 20.4. The van der Waals surface area contributed by atoms with E-state index >= 15 is 0 Å². The number of alkyl halides is 1. The summed E-state index contributed by atoms with van der Waals surface area (Å²) in [6.07, 6.45) is 3.58. The molecule has 0 fully saturated rings. The van der Waals surface area contributed by atoms with Gasteiger partial charge in [0.2, 0.25) is 5.76 Å². The van der Waals surface area contributed by atoms with Crippen molar-refractivity contribution in [3.63, 3.8) is 0 Å². The van der Waals surface area contributed by atoms with E-state index in [2.05, 4.69) is 35.4 Å². The summed E-state index contributed by atoms with van der Waals surface area (Å²) < 4.78 is 18.9. The number of aromatic nitrogens is 6. The maximum Gasteiger partial charge on any atom is 0.270 e. The molecule has 33 heavy (non-hydrogen) atoms. The van der Waals surface area contributed by atoms with Gasteiger partial charge in [-0.2, -0.15) is 0 Å². The predicted octanol–water partition coefficient (Wildman–Crippen LogP) is 4.03. The summed E-state index contributed by atoms with van der Waals surface area (Å²) in [4.78, 5) is 32.4. The number of halogens is 1. The van der Waals surface area contributed by atoms with Crippen LogP contribution in [0, 0.1) is 0 Å². The number of H-pyrrole nitrogens is 1. The van der Waals surface area contributed by atoms with Crippen LogP contribution in [-0.2, 0) is 6.54 Å². The summed E-state index contributed by atoms with van der Waals surface area (Å²) >= 11 is 0. The predicted molar refractivity (Wildman–Crippen MR) is 118 cm³/mol. The molecule has 1 amide bonds. The van der Waals surface area contributed by atoms with Crippen LogP contribution in [0.1, 0.15) is 34.8 Å². The van der Waals surface area contributed by atoms with Gasteiger partial charge in [-0.3, -0.25) is 9.78 Å². The maximum absolute atomic E-state index is 13.6. The largest absolute Gasteiger partial charge is 0.353 e. The van der Waals surface area contributed by atoms with Crippen molar-refractivity contribution >= 4 is 16.9 Å². The Morgan fingerprint density at radius 3 is 2.82 bits per heavy atom. The van der Waals surface area contributed by atoms with Gasteiger partial charge >= 0.3 is 0 Å². The third kappa shape index (κ3) is 4.31. The third-order valence-corrected chi connectivity index (χ3v) is 5.06. The first-order valence-electron chi connectivity index (χ1n) is 10.2. The Kier molecular flexibility index (Phi) is 5.31. The van der Waals surface area contributed by atoms with E-state index in [1.807, 2.05) is 0 Å². The maximum atomic E-state index is 13.6. The summed E-state index contributed by atoms with van der Waals surface area (Å²) in [5.74, 6) is 0.512. The normalized spacial score (nSPS) is 12.1. The average molecular weight is 443 g/mol. The number of rotatable bonds is 6. The highest BCUT2D eigenvalue weighted by molar-refractivity contribution is 5.93. The van der Waals surface area contributed by atoms with Gasteiger partial charge in [0.05, 0.1) is 23.3 Å². The second kappa shape index (κ2) is 8.58. The van der Waals surface area contributed by atoms with Crippen molar-refractivity contribution in [1.82, 2.24) is 35.4 Å². The van der Waals surface area contributed by atoms with Crippen molar-refractivity contribution in [3.05, 3.63) is 78.1 Å². The molecule has 0 radical (unpaired) electrons. The molecule has 1 unspecified atom stereocenters. The number of hydrogen-bond acceptors (Lipinski definition) is 7. The Balaban J connectivity index is 1.28. The van der Waals surface area contributed by atoms with Crippen LogP contribution in [0.4, 0.5) is 4.39 Å². The number of benzene rings is 1. The number of imidazole rings is 1. The lowest BCUT2D eigenvalue weighted by molar-refractivity contribution is 0.0945. The van der Waals surface area contributed by atoms with Gasteiger partial charge in [0.1, 0.15) is 23.9 Å². The van der Waals surface area contributed by atoms with Crippen LogP contribution in [-0.4, -0.2) is 36.0 Å². The molecule has 5 aromatic rings. The molecule has 9 nitrogen and oxygen atoms in total. The number of carbonyl (C=O) groups excluding carboxylic acids is 1. The van der Waals surface area contributed by atoms with Crippen molar-refractivity contribution in [1.29, 1.82) is 0 Å². The lowest BCUT2D eigenvalue weighted by atomic mass is 10.1. The van der Waals surface area contributed by atoms with Crippen LogP contribution >= 0.6 is 0 Å². The Bertz CT molecular complexity index is 1430. The summed E-state index contributed by atoms with van der Waals surface area (Å²) in [6.45, 7) is 1.62. The van der Waals surface area contributed by atoms with E-state index in [4.69, 9.17) is 4.52 Å². The molecule has 0 saturated heterocycles. The molecule has 164 valence electrons. The first-order chi connectivity index (χ1) is 16.1. The number of nitrogens with one attached hydrogen (secondary N) is 2. The molecular weight excluding hydrogens is 425 g/mol. The van der Waals surface area contributed by atoms with Crippen molar-refractivity contribution < 1.29 is 13.7 Å². The SMILES string of the molecule is CC(F)c1ccc2nc(-c3cc(CNC(=O)c4cc(-c5ccncc5)ncn4)no3)[nH]c2c1. The second-order valence-electron chi connectivity index (χ2n) is 7.37. The number of carbonyl (C=O) groups is 1. The third-order valence-electron chi connectivity index (χ3n) is 5.06. The van der Waals surface area contributed by atoms with Crippen molar-refractivity contribution in [3.8, 4) is 22.8 Å². The Labute approximate surface area is 187 Å². The summed E-state index contributed by atoms with van der Waals surface area (Å²) in [5, 5.41) is 6.76. The fourth-order valence-electron chi connectivity index (χ4n) is 3.32. The van der Waals surface area contributed by atoms with Crippen LogP contribution < -0.4 is 5.32 Å². The molecule has 0 spiro atoms. The molecule has 0 bridgehead atoms. The number of nitrogens with zero attached hydrogens (tertiary/aromatic N) is 5. The fourth-order valence-corrected chi connectivity index (χ4v) is 3.32. The topological polar surface area (TPSA) is 122 Å². The number of pyridine rings is 1. The zero-order chi connectivity index (χ0) is 22.8. The molecule has 5 rings (SSSR count). The summed E-state index contributed by atoms with van der Waals surface area (Å²) in [6, 6.07) is 12.1. The van der Waals surface area contributed by atoms with Gasteiger partial charge in [-0.05, 0) is 42.8 Å². The summed E-state index contributed by atoms with van der Waals surface area (Å²) in [7, 11) is 0. The van der Waals surface area contributed by atoms with Crippen molar-refractivity contribution in [2.75, 3.05) is 0 Å². The molecule has 0 aliphatic rings. The molecule has 0 aliphatic carbocycles. The van der Waals surface area contributed by atoms with E-state index in [-0.39, 0.29) is 18.1 Å². The van der Waals surface area contributed by atoms with E-state index in [0.29, 0.717) is 39.6 Å². The number of aromatic amines is 1. The average Bonchev–Trinajstić information content (AvgIpc) is 3.49. The molecular formula is C23H18FN7O2. The second-order valence-corrected chi connectivity index (χ2v) is 7.37. The molecule has 0 aliphatic heterocycles. The lowest BCUT2D eigenvalue weighted by Gasteiger charge is -2.04. The summed E-state index contributed by atoms with van der Waals surface area (Å²) in [5.41, 5.74) is 4.16. The van der Waals surface area contributed by atoms with E-state index < -0.39 is 6.17 Å². The van der Waals surface area contributed by atoms with E-state index in [9.17, 15) is 9.18 Å². The van der Waals surface area contributed by atoms with Crippen molar-refractivity contribution in [2.24, 2.45) is 0 Å². The van der Waals surface area contributed by atoms with Crippen LogP contribution in [0.5, 0.6) is 0 Å². The Morgan fingerprint density at radius 2 is 2.00 bits per heavy atom. The van der Waals surface area contributed by atoms with Gasteiger partial charge in [0, 0.05) is 24.0 Å². The molecule has 1 atom stereocenters. The van der Waals surface area contributed by atoms with E-state index in [0.717, 1.165) is 5.56 Å². The highest BCUT2D eigenvalue weighted by Crippen LogP contribution is 2.25. The van der Waals surface area contributed by atoms with Crippen LogP contribution in [0.25, 0.3) is 33.9 Å². The number of fused-ring (bicyclic) bond motifs is 1. The molecule has 1 aromatic carbocycles. The molecule has 4 heterocycles. The van der Waals surface area contributed by atoms with Gasteiger partial charge < -0.3 is 14.8 Å². The Hall–Kier alpha value is -4.47. The van der Waals surface area contributed by atoms with Gasteiger partial charge in [-0.25, -0.2) is 19.3 Å². The van der Waals surface area contributed by atoms with Gasteiger partial charge in [0.15, 0.2) is 5.82 Å². The molecule has 4 aromatic heterocycles. The number of hydrogen-bond donors (Lipinski definition) is 2. The van der Waals surface area contributed by atoms with Crippen LogP contribution in [0.3, 0.4) is 0 Å². The van der Waals surface area contributed by atoms with E-state index in [1.54, 1.807) is 54.9 Å². The molecule has 2 N–H and O–H groups in total. The number of amides is 1. The van der Waals surface area contributed by atoms with Gasteiger partial charge in [0.25, 0.3) is 5.91 Å². The quantitative estimate of drug-likeness (QED) is 0.406. The minimum Gasteiger partial charge on any atom is -0.353 e. The van der Waals surface area contributed by atoms with Gasteiger partial charge in [-0.15, -0.1) is 0 Å². The highest BCUT2D eigenvalue weighted by Gasteiger charge is 2.15. The van der Waals surface area contributed by atoms with Crippen molar-refractivity contribution in [2.45, 2.75) is 19.6 Å². The molecule has 0 saturated carbocycles. The van der Waals surface area contributed by atoms with Crippen LogP contribution in [0.2, 0.25) is 0 Å². The highest BCUT2D eigenvalue weighted by atomic mass is 19.1. The minimum absolute atomic E-state index is 0.140. The fraction of sp³-hybridized carbons (Fsp3) is 0.130. The zero-order valence-corrected chi connectivity index (χ0v) is 17.5. The smallest absolute Gasteiger partial charge is 0.270 e. The van der Waals surface area contributed by atoms with Crippen LogP contribution in [0.15, 0.2) is 65.7 Å². The lowest BCUT2D eigenvalue weighted by Crippen LogP contribution is -2.24. The minimum atomic E-state index is -1.07. The standard InChI is InChI=1S/C23H18FN7O2/c1-13(24)15-2-3-17-19(8-15)30-22(29-17)21-9-16(31-33-21)11-26-23(32)20-10-18(27-12-28-20)14-4-6-25-7-5-14/h2-10,12-13H,11H2,1H3,(H,26,32)(H,29,30). The monoisotopic (exact) mass is 443 g/mol. The Morgan fingerprint density at radius 1 is 1.15 bits per heavy atom.